The summed E-state index contributed by atoms with van der Waals surface area (Å²) in [7, 11) is 1.70. The number of aliphatic hydroxyl groups excluding tert-OH is 1. The van der Waals surface area contributed by atoms with Crippen molar-refractivity contribution in [3.05, 3.63) is 35.4 Å². The Kier molecular flexibility index (Phi) is 9.52. The summed E-state index contributed by atoms with van der Waals surface area (Å²) in [4.78, 5) is 2.22. The van der Waals surface area contributed by atoms with E-state index in [0.717, 1.165) is 19.5 Å². The van der Waals surface area contributed by atoms with Gasteiger partial charge in [-0.25, -0.2) is 0 Å². The topological polar surface area (TPSA) is 41.9 Å². The van der Waals surface area contributed by atoms with Crippen LogP contribution in [0.3, 0.4) is 0 Å². The van der Waals surface area contributed by atoms with E-state index in [1.54, 1.807) is 7.11 Å². The highest BCUT2D eigenvalue weighted by Gasteiger charge is 2.12. The van der Waals surface area contributed by atoms with Gasteiger partial charge in [-0.15, -0.1) is 6.42 Å². The molecule has 0 radical (unpaired) electrons. The minimum Gasteiger partial charge on any atom is -0.389 e. The Morgan fingerprint density at radius 1 is 1.41 bits per heavy atom. The maximum Gasteiger partial charge on any atom is 0.107 e. The number of benzene rings is 1. The second kappa shape index (κ2) is 11.2. The van der Waals surface area contributed by atoms with E-state index in [0.29, 0.717) is 13.2 Å². The van der Waals surface area contributed by atoms with Gasteiger partial charge in [0.25, 0.3) is 0 Å². The molecule has 0 spiro atoms. The summed E-state index contributed by atoms with van der Waals surface area (Å²) in [6.45, 7) is 5.53. The van der Waals surface area contributed by atoms with Gasteiger partial charge in [0.05, 0.1) is 12.7 Å². The second-order valence-corrected chi connectivity index (χ2v) is 5.44. The van der Waals surface area contributed by atoms with E-state index in [1.165, 1.54) is 11.1 Å². The van der Waals surface area contributed by atoms with Crippen molar-refractivity contribution in [1.29, 1.82) is 0 Å². The number of nitrogens with zero attached hydrogens (tertiary/aromatic N) is 1. The molecule has 1 N–H and O–H groups in total. The number of aryl methyl sites for hydroxylation is 1. The molecule has 0 bridgehead atoms. The molecule has 0 saturated heterocycles. The summed E-state index contributed by atoms with van der Waals surface area (Å²) >= 11 is 0. The molecule has 1 rings (SSSR count). The second-order valence-electron chi connectivity index (χ2n) is 5.44. The molecule has 0 saturated carbocycles. The van der Waals surface area contributed by atoms with Crippen LogP contribution in [0.2, 0.25) is 0 Å². The van der Waals surface area contributed by atoms with Crippen LogP contribution in [0.1, 0.15) is 17.5 Å². The highest BCUT2D eigenvalue weighted by atomic mass is 16.5. The third kappa shape index (κ3) is 8.16. The molecule has 1 atom stereocenters. The third-order valence-electron chi connectivity index (χ3n) is 3.28. The van der Waals surface area contributed by atoms with Crippen LogP contribution in [0.4, 0.5) is 0 Å². The smallest absolute Gasteiger partial charge is 0.107 e. The Morgan fingerprint density at radius 3 is 2.91 bits per heavy atom. The standard InChI is InChI=1S/C18H27NO3/c1-4-10-22-15-18(20)14-19(9-6-11-21-3)13-17-8-5-7-16(2)12-17/h1,5,7-8,12,18,20H,6,9-11,13-15H2,2-3H3/t18-/m1/s1. The molecule has 0 heterocycles. The molecule has 0 aliphatic heterocycles. The molecular weight excluding hydrogens is 278 g/mol. The fourth-order valence-corrected chi connectivity index (χ4v) is 2.34. The number of aliphatic hydroxyl groups is 1. The van der Waals surface area contributed by atoms with Crippen LogP contribution in [-0.2, 0) is 16.0 Å². The molecule has 0 fully saturated rings. The van der Waals surface area contributed by atoms with E-state index in [-0.39, 0.29) is 13.2 Å². The average molecular weight is 305 g/mol. The molecule has 4 nitrogen and oxygen atoms in total. The maximum absolute atomic E-state index is 10.1. The number of terminal acetylenes is 1. The Balaban J connectivity index is 2.53. The van der Waals surface area contributed by atoms with Crippen molar-refractivity contribution in [2.45, 2.75) is 26.0 Å². The number of ether oxygens (including phenoxy) is 2. The number of methoxy groups -OCH3 is 1. The van der Waals surface area contributed by atoms with Gasteiger partial charge in [-0.3, -0.25) is 4.90 Å². The monoisotopic (exact) mass is 305 g/mol. The predicted octanol–water partition coefficient (Wildman–Crippen LogP) is 1.84. The predicted molar refractivity (Wildman–Crippen MR) is 88.6 cm³/mol. The van der Waals surface area contributed by atoms with Crippen LogP contribution in [-0.4, -0.2) is 56.1 Å². The molecule has 4 heteroatoms. The van der Waals surface area contributed by atoms with Crippen molar-refractivity contribution in [1.82, 2.24) is 4.90 Å². The molecule has 0 aliphatic carbocycles. The van der Waals surface area contributed by atoms with Crippen LogP contribution in [0.5, 0.6) is 0 Å². The van der Waals surface area contributed by atoms with Crippen LogP contribution < -0.4 is 0 Å². The summed E-state index contributed by atoms with van der Waals surface area (Å²) in [6.07, 6.45) is 5.52. The summed E-state index contributed by atoms with van der Waals surface area (Å²) in [6, 6.07) is 8.42. The van der Waals surface area contributed by atoms with Crippen molar-refractivity contribution in [3.63, 3.8) is 0 Å². The van der Waals surface area contributed by atoms with Gasteiger partial charge in [-0.2, -0.15) is 0 Å². The lowest BCUT2D eigenvalue weighted by Crippen LogP contribution is -2.35. The van der Waals surface area contributed by atoms with E-state index >= 15 is 0 Å². The molecule has 0 aliphatic rings. The highest BCUT2D eigenvalue weighted by Crippen LogP contribution is 2.09. The maximum atomic E-state index is 10.1. The van der Waals surface area contributed by atoms with Crippen LogP contribution >= 0.6 is 0 Å². The molecule has 1 aromatic carbocycles. The number of rotatable bonds is 11. The first-order valence-electron chi connectivity index (χ1n) is 7.61. The lowest BCUT2D eigenvalue weighted by molar-refractivity contribution is 0.0244. The molecule has 1 aromatic rings. The molecule has 122 valence electrons. The van der Waals surface area contributed by atoms with Crippen LogP contribution in [0, 0.1) is 19.3 Å². The normalized spacial score (nSPS) is 12.3. The Morgan fingerprint density at radius 2 is 2.23 bits per heavy atom. The minimum absolute atomic E-state index is 0.235. The zero-order valence-electron chi connectivity index (χ0n) is 13.6. The molecule has 0 unspecified atom stereocenters. The quantitative estimate of drug-likeness (QED) is 0.500. The van der Waals surface area contributed by atoms with Crippen LogP contribution in [0.25, 0.3) is 0 Å². The van der Waals surface area contributed by atoms with Gasteiger partial charge < -0.3 is 14.6 Å². The summed E-state index contributed by atoms with van der Waals surface area (Å²) in [5, 5.41) is 10.1. The fourth-order valence-electron chi connectivity index (χ4n) is 2.34. The highest BCUT2D eigenvalue weighted by molar-refractivity contribution is 5.22. The molecule has 0 aromatic heterocycles. The Bertz CT molecular complexity index is 456. The lowest BCUT2D eigenvalue weighted by atomic mass is 10.1. The van der Waals surface area contributed by atoms with Crippen molar-refractivity contribution in [2.75, 3.05) is 40.0 Å². The van der Waals surface area contributed by atoms with Crippen molar-refractivity contribution < 1.29 is 14.6 Å². The van der Waals surface area contributed by atoms with Gasteiger partial charge in [0.1, 0.15) is 6.61 Å². The average Bonchev–Trinajstić information content (AvgIpc) is 2.47. The van der Waals surface area contributed by atoms with Crippen molar-refractivity contribution >= 4 is 0 Å². The van der Waals surface area contributed by atoms with Crippen LogP contribution in [0.15, 0.2) is 24.3 Å². The van der Waals surface area contributed by atoms with Crippen molar-refractivity contribution in [2.24, 2.45) is 0 Å². The summed E-state index contributed by atoms with van der Waals surface area (Å²) < 4.78 is 10.3. The van der Waals surface area contributed by atoms with E-state index in [2.05, 4.69) is 42.0 Å². The third-order valence-corrected chi connectivity index (χ3v) is 3.28. The number of hydrogen-bond acceptors (Lipinski definition) is 4. The van der Waals surface area contributed by atoms with Gasteiger partial charge in [-0.1, -0.05) is 35.7 Å². The summed E-state index contributed by atoms with van der Waals surface area (Å²) in [5.41, 5.74) is 2.49. The fraction of sp³-hybridized carbons (Fsp3) is 0.556. The first-order chi connectivity index (χ1) is 10.7. The Labute approximate surface area is 134 Å². The van der Waals surface area contributed by atoms with E-state index in [1.807, 2.05) is 0 Å². The van der Waals surface area contributed by atoms with Crippen molar-refractivity contribution in [3.8, 4) is 12.3 Å². The largest absolute Gasteiger partial charge is 0.389 e. The van der Waals surface area contributed by atoms with E-state index in [9.17, 15) is 5.11 Å². The van der Waals surface area contributed by atoms with Gasteiger partial charge in [0, 0.05) is 33.4 Å². The van der Waals surface area contributed by atoms with Gasteiger partial charge in [0.2, 0.25) is 0 Å². The number of hydrogen-bond donors (Lipinski definition) is 1. The lowest BCUT2D eigenvalue weighted by Gasteiger charge is -2.25. The van der Waals surface area contributed by atoms with E-state index < -0.39 is 6.10 Å². The molecule has 22 heavy (non-hydrogen) atoms. The molecular formula is C18H27NO3. The summed E-state index contributed by atoms with van der Waals surface area (Å²) in [5.74, 6) is 2.40. The first kappa shape index (κ1) is 18.7. The first-order valence-corrected chi connectivity index (χ1v) is 7.61. The van der Waals surface area contributed by atoms with Gasteiger partial charge in [0.15, 0.2) is 0 Å². The SMILES string of the molecule is C#CCOC[C@H](O)CN(CCCOC)Cc1cccc(C)c1. The minimum atomic E-state index is -0.541. The Hall–Kier alpha value is -1.38. The molecule has 0 amide bonds. The van der Waals surface area contributed by atoms with Gasteiger partial charge in [-0.05, 0) is 18.9 Å². The van der Waals surface area contributed by atoms with Gasteiger partial charge >= 0.3 is 0 Å². The zero-order chi connectivity index (χ0) is 16.2. The zero-order valence-corrected chi connectivity index (χ0v) is 13.6. The van der Waals surface area contributed by atoms with E-state index in [4.69, 9.17) is 15.9 Å².